The number of aliphatic hydroxyl groups is 5. The Hall–Kier alpha value is -0.810. The molecule has 0 aliphatic carbocycles. The van der Waals surface area contributed by atoms with Crippen molar-refractivity contribution in [3.8, 4) is 0 Å². The van der Waals surface area contributed by atoms with E-state index in [4.69, 9.17) is 24.8 Å². The van der Waals surface area contributed by atoms with E-state index in [9.17, 15) is 20.1 Å². The van der Waals surface area contributed by atoms with Crippen molar-refractivity contribution in [3.05, 3.63) is 0 Å². The van der Waals surface area contributed by atoms with Crippen LogP contribution in [0.15, 0.2) is 0 Å². The molecule has 0 aromatic heterocycles. The summed E-state index contributed by atoms with van der Waals surface area (Å²) in [6, 6.07) is 0. The Morgan fingerprint density at radius 1 is 1.17 bits per heavy atom. The number of rotatable bonds is 5. The maximum absolute atomic E-state index is 10.6. The first kappa shape index (κ1) is 15.2. The van der Waals surface area contributed by atoms with Crippen molar-refractivity contribution in [2.75, 3.05) is 13.2 Å². The molecule has 0 radical (unpaired) electrons. The number of aliphatic carboxylic acids is 1. The van der Waals surface area contributed by atoms with Crippen LogP contribution in [0.5, 0.6) is 0 Å². The van der Waals surface area contributed by atoms with E-state index in [1.165, 1.54) is 0 Å². The number of hydrogen-bond acceptors (Lipinski definition) is 8. The van der Waals surface area contributed by atoms with Gasteiger partial charge in [-0.3, -0.25) is 0 Å². The summed E-state index contributed by atoms with van der Waals surface area (Å²) in [5.74, 6) is -1.48. The molecule has 1 unspecified atom stereocenters. The van der Waals surface area contributed by atoms with E-state index in [0.29, 0.717) is 0 Å². The standard InChI is InChI=1S/C9H16O9/c10-1-3-5(12)6(13)7(14)9(17-3)18-4(2-11)8(15)16/h3-7,9-14H,1-2H2,(H,15,16)/t3-,4?,5-,6+,7+,9+/m1/s1. The summed E-state index contributed by atoms with van der Waals surface area (Å²) in [5.41, 5.74) is 0. The van der Waals surface area contributed by atoms with Crippen molar-refractivity contribution in [3.63, 3.8) is 0 Å². The Morgan fingerprint density at radius 2 is 1.78 bits per heavy atom. The molecular formula is C9H16O9. The number of carbonyl (C=O) groups is 1. The number of carboxylic acids is 1. The van der Waals surface area contributed by atoms with Crippen LogP contribution in [0, 0.1) is 0 Å². The quantitative estimate of drug-likeness (QED) is 0.294. The zero-order valence-electron chi connectivity index (χ0n) is 9.29. The Balaban J connectivity index is 2.72. The third-order valence-electron chi connectivity index (χ3n) is 2.59. The molecule has 9 heteroatoms. The van der Waals surface area contributed by atoms with Gasteiger partial charge in [-0.25, -0.2) is 4.79 Å². The minimum atomic E-state index is -1.70. The lowest BCUT2D eigenvalue weighted by Crippen LogP contribution is -2.60. The van der Waals surface area contributed by atoms with Gasteiger partial charge in [0.05, 0.1) is 13.2 Å². The van der Waals surface area contributed by atoms with Crippen LogP contribution in [0.25, 0.3) is 0 Å². The molecule has 1 heterocycles. The summed E-state index contributed by atoms with van der Waals surface area (Å²) < 4.78 is 9.67. The lowest BCUT2D eigenvalue weighted by Gasteiger charge is -2.40. The average Bonchev–Trinajstić information content (AvgIpc) is 2.35. The highest BCUT2D eigenvalue weighted by atomic mass is 16.7. The molecule has 0 aromatic carbocycles. The molecular weight excluding hydrogens is 252 g/mol. The fraction of sp³-hybridized carbons (Fsp3) is 0.889. The van der Waals surface area contributed by atoms with Gasteiger partial charge in [-0.05, 0) is 0 Å². The topological polar surface area (TPSA) is 157 Å². The fourth-order valence-corrected chi connectivity index (χ4v) is 1.52. The van der Waals surface area contributed by atoms with Crippen molar-refractivity contribution < 1.29 is 44.9 Å². The number of ether oxygens (including phenoxy) is 2. The summed E-state index contributed by atoms with van der Waals surface area (Å²) in [4.78, 5) is 10.6. The van der Waals surface area contributed by atoms with Crippen LogP contribution in [0.2, 0.25) is 0 Å². The van der Waals surface area contributed by atoms with Crippen molar-refractivity contribution in [2.24, 2.45) is 0 Å². The SMILES string of the molecule is O=C(O)C(CO)O[C@@H]1O[C@H](CO)[C@@H](O)[C@H](O)[C@@H]1O. The second-order valence-electron chi connectivity index (χ2n) is 3.84. The molecule has 9 nitrogen and oxygen atoms in total. The first-order chi connectivity index (χ1) is 8.42. The molecule has 0 spiro atoms. The first-order valence-electron chi connectivity index (χ1n) is 5.22. The van der Waals surface area contributed by atoms with Gasteiger partial charge in [0.2, 0.25) is 0 Å². The van der Waals surface area contributed by atoms with E-state index in [-0.39, 0.29) is 0 Å². The highest BCUT2D eigenvalue weighted by Gasteiger charge is 2.45. The molecule has 1 fully saturated rings. The lowest BCUT2D eigenvalue weighted by atomic mass is 9.99. The maximum Gasteiger partial charge on any atom is 0.335 e. The first-order valence-corrected chi connectivity index (χ1v) is 5.22. The normalized spacial score (nSPS) is 38.4. The van der Waals surface area contributed by atoms with E-state index in [1.807, 2.05) is 0 Å². The van der Waals surface area contributed by atoms with Crippen LogP contribution in [0.4, 0.5) is 0 Å². The van der Waals surface area contributed by atoms with Gasteiger partial charge >= 0.3 is 5.97 Å². The molecule has 1 saturated heterocycles. The van der Waals surface area contributed by atoms with Crippen LogP contribution in [-0.4, -0.2) is 86.6 Å². The van der Waals surface area contributed by atoms with Crippen LogP contribution in [0.3, 0.4) is 0 Å². The molecule has 18 heavy (non-hydrogen) atoms. The van der Waals surface area contributed by atoms with Gasteiger partial charge in [-0.1, -0.05) is 0 Å². The predicted molar refractivity (Wildman–Crippen MR) is 53.4 cm³/mol. The lowest BCUT2D eigenvalue weighted by molar-refractivity contribution is -0.311. The monoisotopic (exact) mass is 268 g/mol. The number of aliphatic hydroxyl groups excluding tert-OH is 5. The predicted octanol–water partition coefficient (Wildman–Crippen LogP) is -3.75. The molecule has 0 aromatic rings. The van der Waals surface area contributed by atoms with Gasteiger partial charge in [-0.15, -0.1) is 0 Å². The Morgan fingerprint density at radius 3 is 2.22 bits per heavy atom. The van der Waals surface area contributed by atoms with Gasteiger partial charge in [-0.2, -0.15) is 0 Å². The van der Waals surface area contributed by atoms with Gasteiger partial charge in [0.15, 0.2) is 12.4 Å². The molecule has 1 aliphatic rings. The molecule has 0 bridgehead atoms. The molecule has 1 aliphatic heterocycles. The molecule has 0 amide bonds. The highest BCUT2D eigenvalue weighted by molar-refractivity contribution is 5.72. The van der Waals surface area contributed by atoms with Crippen molar-refractivity contribution in [1.29, 1.82) is 0 Å². The maximum atomic E-state index is 10.6. The number of carboxylic acid groups (broad SMARTS) is 1. The fourth-order valence-electron chi connectivity index (χ4n) is 1.52. The Labute approximate surface area is 102 Å². The van der Waals surface area contributed by atoms with E-state index >= 15 is 0 Å². The Kier molecular flexibility index (Phi) is 5.41. The largest absolute Gasteiger partial charge is 0.479 e. The summed E-state index contributed by atoms with van der Waals surface area (Å²) in [6.45, 7) is -1.51. The highest BCUT2D eigenvalue weighted by Crippen LogP contribution is 2.22. The van der Waals surface area contributed by atoms with Gasteiger partial charge in [0.1, 0.15) is 24.4 Å². The van der Waals surface area contributed by atoms with Crippen LogP contribution >= 0.6 is 0 Å². The third kappa shape index (κ3) is 3.14. The zero-order valence-corrected chi connectivity index (χ0v) is 9.29. The zero-order chi connectivity index (χ0) is 13.9. The third-order valence-corrected chi connectivity index (χ3v) is 2.59. The van der Waals surface area contributed by atoms with Crippen LogP contribution in [-0.2, 0) is 14.3 Å². The molecule has 6 N–H and O–H groups in total. The molecule has 6 atom stereocenters. The average molecular weight is 268 g/mol. The Bertz CT molecular complexity index is 281. The van der Waals surface area contributed by atoms with Crippen molar-refractivity contribution in [2.45, 2.75) is 36.8 Å². The van der Waals surface area contributed by atoms with Gasteiger partial charge in [0.25, 0.3) is 0 Å². The second kappa shape index (κ2) is 6.38. The van der Waals surface area contributed by atoms with E-state index in [1.54, 1.807) is 0 Å². The molecule has 106 valence electrons. The van der Waals surface area contributed by atoms with Crippen molar-refractivity contribution in [1.82, 2.24) is 0 Å². The minimum absolute atomic E-state index is 0.651. The van der Waals surface area contributed by atoms with Crippen LogP contribution < -0.4 is 0 Å². The van der Waals surface area contributed by atoms with E-state index < -0.39 is 56.0 Å². The van der Waals surface area contributed by atoms with Crippen LogP contribution in [0.1, 0.15) is 0 Å². The molecule has 0 saturated carbocycles. The van der Waals surface area contributed by atoms with Crippen molar-refractivity contribution >= 4 is 5.97 Å². The summed E-state index contributed by atoms with van der Waals surface area (Å²) in [5, 5.41) is 54.7. The number of hydrogen-bond donors (Lipinski definition) is 6. The smallest absolute Gasteiger partial charge is 0.335 e. The van der Waals surface area contributed by atoms with Gasteiger partial charge < -0.3 is 40.1 Å². The summed E-state index contributed by atoms with van der Waals surface area (Å²) in [7, 11) is 0. The second-order valence-corrected chi connectivity index (χ2v) is 3.84. The molecule has 1 rings (SSSR count). The van der Waals surface area contributed by atoms with E-state index in [0.717, 1.165) is 0 Å². The van der Waals surface area contributed by atoms with E-state index in [2.05, 4.69) is 0 Å². The van der Waals surface area contributed by atoms with Gasteiger partial charge in [0, 0.05) is 0 Å². The summed E-state index contributed by atoms with van der Waals surface area (Å²) in [6.07, 6.45) is -9.32. The summed E-state index contributed by atoms with van der Waals surface area (Å²) >= 11 is 0. The minimum Gasteiger partial charge on any atom is -0.479 e.